The Kier molecular flexibility index (Phi) is 22.4. The van der Waals surface area contributed by atoms with E-state index in [4.69, 9.17) is 42.6 Å². The molecule has 12 N–H and O–H groups in total. The smallest absolute Gasteiger partial charge is 0.408 e. The SMILES string of the molecule is CC(C)(C)OC(=O)NCC[C@H](O)C(=O)NC1CC(NC(=O)OC(C)(C)C)C(OC2OC(CNC(=O)OC(C)(C)C)C(O)CC2NC(=O)OC(C)(C)C)C(O)C1OC1OC(CO)C(O)C(NC(=O)OC(C)(C)C)C1O. The Labute approximate surface area is 432 Å². The van der Waals surface area contributed by atoms with Crippen molar-refractivity contribution in [3.8, 4) is 0 Å². The summed E-state index contributed by atoms with van der Waals surface area (Å²) in [5.41, 5.74) is -4.84. The van der Waals surface area contributed by atoms with Crippen molar-refractivity contribution in [1.82, 2.24) is 31.9 Å². The zero-order valence-corrected chi connectivity index (χ0v) is 45.2. The summed E-state index contributed by atoms with van der Waals surface area (Å²) in [6.45, 7) is 22.7. The number of nitrogens with one attached hydrogen (secondary N) is 6. The first-order valence-corrected chi connectivity index (χ1v) is 24.6. The second-order valence-electron chi connectivity index (χ2n) is 23.4. The van der Waals surface area contributed by atoms with Crippen LogP contribution in [0.2, 0.25) is 0 Å². The van der Waals surface area contributed by atoms with Gasteiger partial charge in [0.15, 0.2) is 12.6 Å². The van der Waals surface area contributed by atoms with Gasteiger partial charge in [-0.3, -0.25) is 4.79 Å². The third kappa shape index (κ3) is 21.6. The first-order chi connectivity index (χ1) is 33.7. The number of carbonyl (C=O) groups is 6. The van der Waals surface area contributed by atoms with Gasteiger partial charge in [-0.2, -0.15) is 0 Å². The first kappa shape index (κ1) is 63.7. The summed E-state index contributed by atoms with van der Waals surface area (Å²) in [4.78, 5) is 78.7. The third-order valence-corrected chi connectivity index (χ3v) is 10.7. The normalized spacial score (nSPS) is 30.3. The molecular formula is C47H84N6O21. The Bertz CT molecular complexity index is 1880. The van der Waals surface area contributed by atoms with Crippen molar-refractivity contribution in [3.63, 3.8) is 0 Å². The molecule has 2 saturated heterocycles. The fourth-order valence-electron chi connectivity index (χ4n) is 7.73. The highest BCUT2D eigenvalue weighted by molar-refractivity contribution is 5.81. The lowest BCUT2D eigenvalue weighted by Crippen LogP contribution is -2.70. The average molecular weight is 1070 g/mol. The minimum absolute atomic E-state index is 0.239. The van der Waals surface area contributed by atoms with Crippen molar-refractivity contribution in [2.75, 3.05) is 19.7 Å². The number of carbonyl (C=O) groups excluding carboxylic acids is 6. The fourth-order valence-corrected chi connectivity index (χ4v) is 7.73. The highest BCUT2D eigenvalue weighted by atomic mass is 16.7. The van der Waals surface area contributed by atoms with Gasteiger partial charge in [-0.25, -0.2) is 24.0 Å². The molecule has 0 aromatic rings. The van der Waals surface area contributed by atoms with Crippen LogP contribution < -0.4 is 31.9 Å². The molecule has 0 bridgehead atoms. The van der Waals surface area contributed by atoms with E-state index in [0.29, 0.717) is 0 Å². The largest absolute Gasteiger partial charge is 0.444 e. The number of alkyl carbamates (subject to hydrolysis) is 5. The van der Waals surface area contributed by atoms with Crippen molar-refractivity contribution < 1.29 is 102 Å². The van der Waals surface area contributed by atoms with Gasteiger partial charge in [-0.05, 0) is 117 Å². The monoisotopic (exact) mass is 1070 g/mol. The summed E-state index contributed by atoms with van der Waals surface area (Å²) in [5.74, 6) is -1.07. The van der Waals surface area contributed by atoms with E-state index in [1.807, 2.05) is 0 Å². The highest BCUT2D eigenvalue weighted by Gasteiger charge is 2.54. The lowest BCUT2D eigenvalue weighted by atomic mass is 9.83. The standard InChI is InChI=1S/C47H84N6O21/c1-43(2,3)70-38(61)48-17-16-25(55)35(60)50-22-18-23(51-40(63)72-45(7,8)9)34(32(59)33(22)69-37-31(58)29(30(57)28(21-54)67-37)53-42(65)74-47(13,14)15)68-36-24(52-41(64)73-46(10,11)12)19-26(56)27(66-36)20-49-39(62)71-44(4,5)6/h22-34,36-37,54-59H,16-21H2,1-15H3,(H,48,61)(H,49,62)(H,50,60)(H,51,63)(H,52,64)(H,53,65)/t22?,23?,24?,25-,26?,27?,28?,29?,30?,31?,32?,33?,34?,36?,37?/m0/s1. The fraction of sp³-hybridized carbons (Fsp3) is 0.872. The molecule has 15 atom stereocenters. The molecule has 0 radical (unpaired) electrons. The van der Waals surface area contributed by atoms with E-state index in [0.717, 1.165) is 0 Å². The van der Waals surface area contributed by atoms with E-state index in [1.54, 1.807) is 104 Å². The summed E-state index contributed by atoms with van der Waals surface area (Å²) in [5, 5.41) is 83.2. The number of rotatable bonds is 15. The van der Waals surface area contributed by atoms with Gasteiger partial charge in [0.1, 0.15) is 76.8 Å². The Morgan fingerprint density at radius 3 is 1.42 bits per heavy atom. The van der Waals surface area contributed by atoms with E-state index in [-0.39, 0.29) is 25.9 Å². The number of aliphatic hydroxyl groups excluding tert-OH is 6. The van der Waals surface area contributed by atoms with Crippen LogP contribution in [0.25, 0.3) is 0 Å². The van der Waals surface area contributed by atoms with Crippen LogP contribution in [0, 0.1) is 0 Å². The molecule has 428 valence electrons. The van der Waals surface area contributed by atoms with Gasteiger partial charge in [-0.15, -0.1) is 0 Å². The summed E-state index contributed by atoms with van der Waals surface area (Å²) in [6, 6.07) is -5.80. The van der Waals surface area contributed by atoms with Crippen LogP contribution in [-0.4, -0.2) is 206 Å². The lowest BCUT2D eigenvalue weighted by molar-refractivity contribution is -0.318. The molecule has 3 rings (SSSR count). The Morgan fingerprint density at radius 2 is 0.932 bits per heavy atom. The minimum atomic E-state index is -2.07. The molecule has 2 heterocycles. The van der Waals surface area contributed by atoms with Crippen LogP contribution in [0.4, 0.5) is 24.0 Å². The van der Waals surface area contributed by atoms with Crippen molar-refractivity contribution in [2.45, 2.75) is 243 Å². The topological polar surface area (TPSA) is 379 Å². The van der Waals surface area contributed by atoms with Crippen molar-refractivity contribution in [2.24, 2.45) is 0 Å². The molecule has 3 fully saturated rings. The molecule has 2 aliphatic heterocycles. The van der Waals surface area contributed by atoms with Gasteiger partial charge >= 0.3 is 30.5 Å². The lowest BCUT2D eigenvalue weighted by Gasteiger charge is -2.49. The molecule has 1 aliphatic carbocycles. The number of hydrogen-bond donors (Lipinski definition) is 12. The second kappa shape index (κ2) is 26.0. The Morgan fingerprint density at radius 1 is 0.514 bits per heavy atom. The van der Waals surface area contributed by atoms with Gasteiger partial charge in [0.2, 0.25) is 5.91 Å². The number of amides is 6. The van der Waals surface area contributed by atoms with Crippen LogP contribution >= 0.6 is 0 Å². The van der Waals surface area contributed by atoms with Gasteiger partial charge < -0.3 is 105 Å². The minimum Gasteiger partial charge on any atom is -0.444 e. The zero-order valence-electron chi connectivity index (χ0n) is 45.2. The average Bonchev–Trinajstić information content (AvgIpc) is 3.19. The second-order valence-corrected chi connectivity index (χ2v) is 23.4. The molecular weight excluding hydrogens is 985 g/mol. The maximum Gasteiger partial charge on any atom is 0.408 e. The van der Waals surface area contributed by atoms with E-state index in [2.05, 4.69) is 31.9 Å². The molecule has 0 aromatic heterocycles. The summed E-state index contributed by atoms with van der Waals surface area (Å²) >= 11 is 0. The number of hydrogen-bond acceptors (Lipinski definition) is 21. The van der Waals surface area contributed by atoms with Gasteiger partial charge in [0.25, 0.3) is 0 Å². The molecule has 14 unspecified atom stereocenters. The van der Waals surface area contributed by atoms with Crippen molar-refractivity contribution >= 4 is 36.4 Å². The molecule has 3 aliphatic rings. The van der Waals surface area contributed by atoms with Crippen LogP contribution in [0.5, 0.6) is 0 Å². The zero-order chi connectivity index (χ0) is 56.5. The number of ether oxygens (including phenoxy) is 9. The maximum absolute atomic E-state index is 13.8. The van der Waals surface area contributed by atoms with Crippen LogP contribution in [-0.2, 0) is 47.4 Å². The van der Waals surface area contributed by atoms with E-state index >= 15 is 0 Å². The van der Waals surface area contributed by atoms with Gasteiger partial charge in [-0.1, -0.05) is 0 Å². The molecule has 6 amide bonds. The van der Waals surface area contributed by atoms with Crippen molar-refractivity contribution in [3.05, 3.63) is 0 Å². The van der Waals surface area contributed by atoms with Crippen LogP contribution in [0.1, 0.15) is 123 Å². The quantitative estimate of drug-likeness (QED) is 0.0988. The predicted octanol–water partition coefficient (Wildman–Crippen LogP) is 0.401. The summed E-state index contributed by atoms with van der Waals surface area (Å²) < 4.78 is 51.7. The van der Waals surface area contributed by atoms with Crippen molar-refractivity contribution in [1.29, 1.82) is 0 Å². The highest BCUT2D eigenvalue weighted by Crippen LogP contribution is 2.34. The van der Waals surface area contributed by atoms with Crippen LogP contribution in [0.3, 0.4) is 0 Å². The first-order valence-electron chi connectivity index (χ1n) is 24.6. The molecule has 27 nitrogen and oxygen atoms in total. The summed E-state index contributed by atoms with van der Waals surface area (Å²) in [6.07, 6.45) is -24.8. The van der Waals surface area contributed by atoms with E-state index in [9.17, 15) is 59.4 Å². The predicted molar refractivity (Wildman–Crippen MR) is 258 cm³/mol. The molecule has 27 heteroatoms. The molecule has 74 heavy (non-hydrogen) atoms. The van der Waals surface area contributed by atoms with Gasteiger partial charge in [0, 0.05) is 19.5 Å². The molecule has 1 saturated carbocycles. The molecule has 0 spiro atoms. The van der Waals surface area contributed by atoms with Crippen LogP contribution in [0.15, 0.2) is 0 Å². The Balaban J connectivity index is 2.15. The van der Waals surface area contributed by atoms with Gasteiger partial charge in [0.05, 0.1) is 36.9 Å². The maximum atomic E-state index is 13.8. The summed E-state index contributed by atoms with van der Waals surface area (Å²) in [7, 11) is 0. The van der Waals surface area contributed by atoms with E-state index < -0.39 is 169 Å². The van der Waals surface area contributed by atoms with E-state index in [1.165, 1.54) is 0 Å². The third-order valence-electron chi connectivity index (χ3n) is 10.7. The Hall–Kier alpha value is -4.58. The number of aliphatic hydroxyl groups is 6. The molecule has 0 aromatic carbocycles.